The number of hydrogen-bond donors (Lipinski definition) is 1. The Labute approximate surface area is 139 Å². The lowest BCUT2D eigenvalue weighted by Crippen LogP contribution is -2.09. The van der Waals surface area contributed by atoms with E-state index in [4.69, 9.17) is 16.3 Å². The van der Waals surface area contributed by atoms with E-state index in [0.717, 1.165) is 53.5 Å². The Morgan fingerprint density at radius 3 is 2.68 bits per heavy atom. The van der Waals surface area contributed by atoms with Crippen molar-refractivity contribution in [1.82, 2.24) is 4.98 Å². The summed E-state index contributed by atoms with van der Waals surface area (Å²) in [5, 5.41) is 3.99. The van der Waals surface area contributed by atoms with Crippen LogP contribution in [0, 0.1) is 20.8 Å². The first kappa shape index (κ1) is 15.3. The number of aliphatic imine (C=N–C) groups is 1. The average Bonchev–Trinajstić information content (AvgIpc) is 3.06. The van der Waals surface area contributed by atoms with Crippen LogP contribution in [-0.2, 0) is 0 Å². The molecule has 0 amide bonds. The highest BCUT2D eigenvalue weighted by Crippen LogP contribution is 2.35. The van der Waals surface area contributed by atoms with Gasteiger partial charge in [-0.05, 0) is 50.5 Å². The summed E-state index contributed by atoms with van der Waals surface area (Å²) in [6.07, 6.45) is 2.15. The second-order valence-corrected chi connectivity index (χ2v) is 6.99. The Bertz CT molecular complexity index is 720. The topological polar surface area (TPSA) is 46.5 Å². The smallest absolute Gasteiger partial charge is 0.280 e. The van der Waals surface area contributed by atoms with Crippen molar-refractivity contribution in [2.24, 2.45) is 4.99 Å². The maximum Gasteiger partial charge on any atom is 0.280 e. The highest BCUT2D eigenvalue weighted by atomic mass is 35.5. The van der Waals surface area contributed by atoms with Crippen molar-refractivity contribution in [3.05, 3.63) is 33.3 Å². The molecule has 0 saturated carbocycles. The van der Waals surface area contributed by atoms with E-state index in [0.29, 0.717) is 9.53 Å². The molecule has 1 aromatic heterocycles. The Kier molecular flexibility index (Phi) is 4.36. The molecule has 2 heterocycles. The van der Waals surface area contributed by atoms with E-state index in [1.807, 2.05) is 19.9 Å². The Hall–Kier alpha value is -1.59. The van der Waals surface area contributed by atoms with E-state index in [2.05, 4.69) is 28.3 Å². The molecule has 1 aromatic carbocycles. The average molecular weight is 336 g/mol. The third-order valence-corrected chi connectivity index (χ3v) is 4.92. The lowest BCUT2D eigenvalue weighted by molar-refractivity contribution is 0.474. The van der Waals surface area contributed by atoms with E-state index in [9.17, 15) is 0 Å². The van der Waals surface area contributed by atoms with Gasteiger partial charge in [0.2, 0.25) is 0 Å². The van der Waals surface area contributed by atoms with Crippen LogP contribution < -0.4 is 10.1 Å². The monoisotopic (exact) mass is 335 g/mol. The Morgan fingerprint density at radius 2 is 2.05 bits per heavy atom. The van der Waals surface area contributed by atoms with Crippen molar-refractivity contribution in [3.63, 3.8) is 0 Å². The molecular weight excluding hydrogens is 318 g/mol. The van der Waals surface area contributed by atoms with Crippen LogP contribution in [0.15, 0.2) is 17.1 Å². The van der Waals surface area contributed by atoms with E-state index in [1.54, 1.807) is 0 Å². The summed E-state index contributed by atoms with van der Waals surface area (Å²) in [6, 6.07) is 4.12. The minimum atomic E-state index is 0.575. The van der Waals surface area contributed by atoms with E-state index in [-0.39, 0.29) is 0 Å². The first-order chi connectivity index (χ1) is 10.5. The van der Waals surface area contributed by atoms with Crippen molar-refractivity contribution >= 4 is 34.5 Å². The molecular formula is C16H18ClN3OS. The van der Waals surface area contributed by atoms with Gasteiger partial charge in [-0.2, -0.15) is 0 Å². The van der Waals surface area contributed by atoms with Gasteiger partial charge in [0.15, 0.2) is 0 Å². The zero-order valence-corrected chi connectivity index (χ0v) is 14.4. The molecule has 0 saturated heterocycles. The highest BCUT2D eigenvalue weighted by Gasteiger charge is 2.13. The maximum absolute atomic E-state index is 6.04. The van der Waals surface area contributed by atoms with Gasteiger partial charge in [0.1, 0.15) is 15.9 Å². The lowest BCUT2D eigenvalue weighted by atomic mass is 10.1. The van der Waals surface area contributed by atoms with Gasteiger partial charge in [-0.25, -0.2) is 4.98 Å². The summed E-state index contributed by atoms with van der Waals surface area (Å²) in [5.41, 5.74) is 4.05. The molecule has 1 aliphatic rings. The number of rotatable bonds is 3. The van der Waals surface area contributed by atoms with Gasteiger partial charge in [0, 0.05) is 18.7 Å². The van der Waals surface area contributed by atoms with Gasteiger partial charge < -0.3 is 10.1 Å². The number of hydrogen-bond acceptors (Lipinski definition) is 5. The van der Waals surface area contributed by atoms with Gasteiger partial charge in [0.05, 0.1) is 5.69 Å². The second-order valence-electron chi connectivity index (χ2n) is 5.43. The number of amidine groups is 1. The number of nitrogens with zero attached hydrogens (tertiary/aromatic N) is 2. The standard InChI is InChI=1S/C16H18ClN3OS/c1-9-8-13(21-16-19-11(3)15(17)22-16)10(2)7-12(9)20-14-5-4-6-18-14/h7-8H,4-6H2,1-3H3,(H,18,20). The van der Waals surface area contributed by atoms with Gasteiger partial charge in [-0.15, -0.1) is 0 Å². The zero-order valence-electron chi connectivity index (χ0n) is 12.9. The number of benzene rings is 1. The molecule has 0 bridgehead atoms. The minimum absolute atomic E-state index is 0.575. The van der Waals surface area contributed by atoms with Crippen LogP contribution in [0.3, 0.4) is 0 Å². The molecule has 1 N–H and O–H groups in total. The van der Waals surface area contributed by atoms with Crippen molar-refractivity contribution < 1.29 is 4.74 Å². The van der Waals surface area contributed by atoms with Crippen molar-refractivity contribution in [3.8, 4) is 10.9 Å². The molecule has 4 nitrogen and oxygen atoms in total. The highest BCUT2D eigenvalue weighted by molar-refractivity contribution is 7.17. The molecule has 2 aromatic rings. The summed E-state index contributed by atoms with van der Waals surface area (Å²) < 4.78 is 6.55. The molecule has 0 radical (unpaired) electrons. The zero-order chi connectivity index (χ0) is 15.7. The second kappa shape index (κ2) is 6.26. The molecule has 22 heavy (non-hydrogen) atoms. The van der Waals surface area contributed by atoms with Crippen molar-refractivity contribution in [2.75, 3.05) is 11.9 Å². The first-order valence-electron chi connectivity index (χ1n) is 7.25. The van der Waals surface area contributed by atoms with Gasteiger partial charge in [-0.3, -0.25) is 4.99 Å². The number of anilines is 1. The number of thiazole rings is 1. The van der Waals surface area contributed by atoms with Crippen LogP contribution in [0.25, 0.3) is 0 Å². The molecule has 1 aliphatic heterocycles. The normalized spacial score (nSPS) is 14.1. The summed E-state index contributed by atoms with van der Waals surface area (Å²) in [6.45, 7) is 6.88. The van der Waals surface area contributed by atoms with Gasteiger partial charge in [-0.1, -0.05) is 22.9 Å². The number of aryl methyl sites for hydroxylation is 3. The number of aromatic nitrogens is 1. The van der Waals surface area contributed by atoms with Crippen LogP contribution in [-0.4, -0.2) is 17.4 Å². The fraction of sp³-hybridized carbons (Fsp3) is 0.375. The Balaban J connectivity index is 1.82. The quantitative estimate of drug-likeness (QED) is 0.846. The van der Waals surface area contributed by atoms with E-state index >= 15 is 0 Å². The van der Waals surface area contributed by atoms with E-state index in [1.165, 1.54) is 11.3 Å². The van der Waals surface area contributed by atoms with Crippen LogP contribution >= 0.6 is 22.9 Å². The van der Waals surface area contributed by atoms with Crippen LogP contribution in [0.1, 0.15) is 29.7 Å². The number of ether oxygens (including phenoxy) is 1. The molecule has 0 unspecified atom stereocenters. The summed E-state index contributed by atoms with van der Waals surface area (Å²) >= 11 is 7.39. The molecule has 0 fully saturated rings. The molecule has 3 rings (SSSR count). The largest absolute Gasteiger partial charge is 0.431 e. The van der Waals surface area contributed by atoms with Crippen molar-refractivity contribution in [2.45, 2.75) is 33.6 Å². The molecule has 6 heteroatoms. The lowest BCUT2D eigenvalue weighted by Gasteiger charge is -2.13. The van der Waals surface area contributed by atoms with Gasteiger partial charge >= 0.3 is 0 Å². The third-order valence-electron chi connectivity index (χ3n) is 3.59. The first-order valence-corrected chi connectivity index (χ1v) is 8.45. The molecule has 0 spiro atoms. The fourth-order valence-corrected chi connectivity index (χ4v) is 3.22. The van der Waals surface area contributed by atoms with Gasteiger partial charge in [0.25, 0.3) is 5.19 Å². The van der Waals surface area contributed by atoms with Crippen LogP contribution in [0.4, 0.5) is 5.69 Å². The van der Waals surface area contributed by atoms with Crippen LogP contribution in [0.5, 0.6) is 10.9 Å². The molecule has 0 atom stereocenters. The van der Waals surface area contributed by atoms with Crippen LogP contribution in [0.2, 0.25) is 4.34 Å². The number of nitrogens with one attached hydrogen (secondary N) is 1. The summed E-state index contributed by atoms with van der Waals surface area (Å²) in [4.78, 5) is 8.77. The summed E-state index contributed by atoms with van der Waals surface area (Å²) in [5.74, 6) is 1.88. The SMILES string of the molecule is Cc1cc(Oc2nc(C)c(Cl)s2)c(C)cc1NC1=NCCC1. The van der Waals surface area contributed by atoms with E-state index < -0.39 is 0 Å². The predicted molar refractivity (Wildman–Crippen MR) is 93.0 cm³/mol. The fourth-order valence-electron chi connectivity index (χ4n) is 2.32. The maximum atomic E-state index is 6.04. The Morgan fingerprint density at radius 1 is 1.23 bits per heavy atom. The minimum Gasteiger partial charge on any atom is -0.431 e. The predicted octanol–water partition coefficient (Wildman–Crippen LogP) is 5.12. The van der Waals surface area contributed by atoms with Crippen molar-refractivity contribution in [1.29, 1.82) is 0 Å². The summed E-state index contributed by atoms with van der Waals surface area (Å²) in [7, 11) is 0. The molecule has 116 valence electrons. The third kappa shape index (κ3) is 3.25. The number of halogens is 1. The molecule has 0 aliphatic carbocycles.